The molecule has 2 aliphatic rings. The van der Waals surface area contributed by atoms with E-state index in [9.17, 15) is 19.5 Å². The third-order valence-corrected chi connectivity index (χ3v) is 8.43. The summed E-state index contributed by atoms with van der Waals surface area (Å²) in [6.07, 6.45) is 0.486. The van der Waals surface area contributed by atoms with Crippen molar-refractivity contribution in [2.45, 2.75) is 44.2 Å². The minimum Gasteiger partial charge on any atom is -0.480 e. The van der Waals surface area contributed by atoms with Crippen LogP contribution in [0.5, 0.6) is 0 Å². The molecule has 1 atom stereocenters. The van der Waals surface area contributed by atoms with E-state index in [1.54, 1.807) is 0 Å². The van der Waals surface area contributed by atoms with Gasteiger partial charge < -0.3 is 20.5 Å². The van der Waals surface area contributed by atoms with Crippen LogP contribution >= 0.6 is 0 Å². The lowest BCUT2D eigenvalue weighted by Gasteiger charge is -2.40. The fraction of sp³-hybridized carbons (Fsp3) is 0.364. The van der Waals surface area contributed by atoms with Crippen LogP contribution in [0.25, 0.3) is 11.1 Å². The molecule has 3 aromatic carbocycles. The van der Waals surface area contributed by atoms with Gasteiger partial charge in [-0.15, -0.1) is 0 Å². The lowest BCUT2D eigenvalue weighted by Crippen LogP contribution is -2.61. The smallest absolute Gasteiger partial charge is 0.407 e. The normalized spacial score (nSPS) is 16.7. The summed E-state index contributed by atoms with van der Waals surface area (Å²) >= 11 is 0. The quantitative estimate of drug-likeness (QED) is 0.332. The van der Waals surface area contributed by atoms with Crippen LogP contribution in [0.4, 0.5) is 4.79 Å². The van der Waals surface area contributed by atoms with Gasteiger partial charge in [0.1, 0.15) is 12.1 Å². The lowest BCUT2D eigenvalue weighted by atomic mass is 9.86. The molecule has 2 amide bonds. The molecule has 1 fully saturated rings. The summed E-state index contributed by atoms with van der Waals surface area (Å²) in [6, 6.07) is 26.3. The molecule has 8 heteroatoms. The van der Waals surface area contributed by atoms with Crippen molar-refractivity contribution in [3.05, 3.63) is 95.6 Å². The molecule has 1 saturated heterocycles. The first-order valence-electron chi connectivity index (χ1n) is 14.3. The van der Waals surface area contributed by atoms with Crippen LogP contribution in [0.3, 0.4) is 0 Å². The molecule has 1 aliphatic carbocycles. The Bertz CT molecular complexity index is 1340. The molecule has 3 N–H and O–H groups in total. The van der Waals surface area contributed by atoms with Crippen molar-refractivity contribution in [3.63, 3.8) is 0 Å². The Labute approximate surface area is 240 Å². The number of nitrogens with one attached hydrogen (secondary N) is 2. The zero-order valence-corrected chi connectivity index (χ0v) is 23.3. The highest BCUT2D eigenvalue weighted by Gasteiger charge is 2.43. The molecule has 0 saturated carbocycles. The predicted molar refractivity (Wildman–Crippen MR) is 156 cm³/mol. The summed E-state index contributed by atoms with van der Waals surface area (Å²) in [5, 5.41) is 15.6. The van der Waals surface area contributed by atoms with E-state index in [1.807, 2.05) is 49.4 Å². The van der Waals surface area contributed by atoms with E-state index in [2.05, 4.69) is 51.9 Å². The maximum Gasteiger partial charge on any atom is 0.407 e. The van der Waals surface area contributed by atoms with Crippen LogP contribution in [0.2, 0.25) is 0 Å². The molecule has 1 heterocycles. The van der Waals surface area contributed by atoms with Crippen molar-refractivity contribution >= 4 is 18.0 Å². The summed E-state index contributed by atoms with van der Waals surface area (Å²) in [5.41, 5.74) is 4.41. The number of alkyl carbamates (subject to hydrolysis) is 1. The minimum atomic E-state index is -1.32. The number of nitrogens with zero attached hydrogens (tertiary/aromatic N) is 1. The molecular weight excluding hydrogens is 518 g/mol. The van der Waals surface area contributed by atoms with E-state index in [1.165, 1.54) is 5.56 Å². The Morgan fingerprint density at radius 3 is 2.10 bits per heavy atom. The van der Waals surface area contributed by atoms with Crippen molar-refractivity contribution in [2.75, 3.05) is 26.2 Å². The molecule has 3 aromatic rings. The standard InChI is InChI=1S/C33H37N3O5/c1-2-24(30(37)35-33(31(38)39)16-18-36(19-17-33)21-23-10-4-3-5-11-23)20-34-32(40)41-22-29-27-14-8-6-12-25(27)26-13-7-9-15-28(26)29/h3-15,24,29H,2,16-22H2,1H3,(H,34,40)(H,35,37)(H,38,39). The first-order valence-corrected chi connectivity index (χ1v) is 14.3. The number of ether oxygens (including phenoxy) is 1. The number of fused-ring (bicyclic) bond motifs is 3. The van der Waals surface area contributed by atoms with Crippen molar-refractivity contribution < 1.29 is 24.2 Å². The second-order valence-electron chi connectivity index (χ2n) is 10.9. The highest BCUT2D eigenvalue weighted by Crippen LogP contribution is 2.44. The molecule has 1 aliphatic heterocycles. The van der Waals surface area contributed by atoms with Gasteiger partial charge in [-0.05, 0) is 47.1 Å². The average Bonchev–Trinajstić information content (AvgIpc) is 3.31. The van der Waals surface area contributed by atoms with Gasteiger partial charge in [-0.25, -0.2) is 9.59 Å². The number of carboxylic acid groups (broad SMARTS) is 1. The summed E-state index contributed by atoms with van der Waals surface area (Å²) in [4.78, 5) is 40.4. The second kappa shape index (κ2) is 12.6. The van der Waals surface area contributed by atoms with Crippen molar-refractivity contribution in [1.82, 2.24) is 15.5 Å². The minimum absolute atomic E-state index is 0.0541. The Morgan fingerprint density at radius 2 is 1.51 bits per heavy atom. The molecule has 5 rings (SSSR count). The highest BCUT2D eigenvalue weighted by molar-refractivity contribution is 5.88. The van der Waals surface area contributed by atoms with E-state index in [0.29, 0.717) is 32.4 Å². The maximum absolute atomic E-state index is 13.2. The molecule has 0 radical (unpaired) electrons. The van der Waals surface area contributed by atoms with E-state index in [4.69, 9.17) is 4.74 Å². The number of likely N-dealkylation sites (tertiary alicyclic amines) is 1. The van der Waals surface area contributed by atoms with Gasteiger partial charge in [-0.2, -0.15) is 0 Å². The van der Waals surface area contributed by atoms with Gasteiger partial charge in [0.15, 0.2) is 0 Å². The molecule has 214 valence electrons. The molecule has 8 nitrogen and oxygen atoms in total. The van der Waals surface area contributed by atoms with Gasteiger partial charge in [0, 0.05) is 32.1 Å². The van der Waals surface area contributed by atoms with Crippen LogP contribution in [0.15, 0.2) is 78.9 Å². The van der Waals surface area contributed by atoms with Crippen molar-refractivity contribution in [3.8, 4) is 11.1 Å². The average molecular weight is 556 g/mol. The number of benzene rings is 3. The fourth-order valence-corrected chi connectivity index (χ4v) is 5.94. The van der Waals surface area contributed by atoms with Gasteiger partial charge in [-0.3, -0.25) is 9.69 Å². The first-order chi connectivity index (χ1) is 19.9. The molecule has 0 bridgehead atoms. The summed E-state index contributed by atoms with van der Waals surface area (Å²) in [5.74, 6) is -2.02. The van der Waals surface area contributed by atoms with Crippen LogP contribution in [0.1, 0.15) is 48.8 Å². The second-order valence-corrected chi connectivity index (χ2v) is 10.9. The van der Waals surface area contributed by atoms with E-state index >= 15 is 0 Å². The van der Waals surface area contributed by atoms with Gasteiger partial charge in [0.25, 0.3) is 0 Å². The van der Waals surface area contributed by atoms with E-state index in [0.717, 1.165) is 28.8 Å². The SMILES string of the molecule is CCC(CNC(=O)OCC1c2ccccc2-c2ccccc21)C(=O)NC1(C(=O)O)CCN(Cc2ccccc2)CC1. The predicted octanol–water partition coefficient (Wildman–Crippen LogP) is 4.79. The van der Waals surface area contributed by atoms with Crippen molar-refractivity contribution in [2.24, 2.45) is 5.92 Å². The van der Waals surface area contributed by atoms with E-state index < -0.39 is 23.5 Å². The highest BCUT2D eigenvalue weighted by atomic mass is 16.5. The lowest BCUT2D eigenvalue weighted by molar-refractivity contribution is -0.150. The van der Waals surface area contributed by atoms with Crippen LogP contribution < -0.4 is 10.6 Å². The number of piperidine rings is 1. The number of hydrogen-bond donors (Lipinski definition) is 3. The molecule has 1 unspecified atom stereocenters. The van der Waals surface area contributed by atoms with Crippen LogP contribution in [-0.2, 0) is 20.9 Å². The molecular formula is C33H37N3O5. The number of hydrogen-bond acceptors (Lipinski definition) is 5. The monoisotopic (exact) mass is 555 g/mol. The Hall–Kier alpha value is -4.17. The van der Waals surface area contributed by atoms with Crippen LogP contribution in [0, 0.1) is 5.92 Å². The zero-order chi connectivity index (χ0) is 28.8. The number of aliphatic carboxylic acids is 1. The molecule has 41 heavy (non-hydrogen) atoms. The number of carbonyl (C=O) groups excluding carboxylic acids is 2. The summed E-state index contributed by atoms with van der Waals surface area (Å²) < 4.78 is 5.60. The number of rotatable bonds is 10. The van der Waals surface area contributed by atoms with Gasteiger partial charge in [-0.1, -0.05) is 85.8 Å². The van der Waals surface area contributed by atoms with Gasteiger partial charge >= 0.3 is 12.1 Å². The number of amides is 2. The number of carboxylic acids is 1. The first kappa shape index (κ1) is 28.4. The van der Waals surface area contributed by atoms with Gasteiger partial charge in [0.05, 0.1) is 5.92 Å². The third kappa shape index (κ3) is 6.28. The number of carbonyl (C=O) groups is 3. The Morgan fingerprint density at radius 1 is 0.927 bits per heavy atom. The third-order valence-electron chi connectivity index (χ3n) is 8.43. The van der Waals surface area contributed by atoms with Crippen LogP contribution in [-0.4, -0.2) is 59.8 Å². The molecule has 0 spiro atoms. The topological polar surface area (TPSA) is 108 Å². The maximum atomic E-state index is 13.2. The summed E-state index contributed by atoms with van der Waals surface area (Å²) in [7, 11) is 0. The summed E-state index contributed by atoms with van der Waals surface area (Å²) in [6.45, 7) is 3.97. The zero-order valence-electron chi connectivity index (χ0n) is 23.3. The molecule has 0 aromatic heterocycles. The Balaban J connectivity index is 1.13. The van der Waals surface area contributed by atoms with E-state index in [-0.39, 0.29) is 25.0 Å². The Kier molecular flexibility index (Phi) is 8.69. The fourth-order valence-electron chi connectivity index (χ4n) is 5.94. The van der Waals surface area contributed by atoms with Crippen molar-refractivity contribution in [1.29, 1.82) is 0 Å². The largest absolute Gasteiger partial charge is 0.480 e. The van der Waals surface area contributed by atoms with Gasteiger partial charge in [0.2, 0.25) is 5.91 Å².